The number of hydrogen-bond acceptors (Lipinski definition) is 25. The summed E-state index contributed by atoms with van der Waals surface area (Å²) in [6.45, 7) is 14.0. The van der Waals surface area contributed by atoms with E-state index in [9.17, 15) is 19.2 Å². The molecule has 4 aromatic rings. The van der Waals surface area contributed by atoms with Crippen LogP contribution in [-0.4, -0.2) is 167 Å². The second kappa shape index (κ2) is 41.0. The van der Waals surface area contributed by atoms with Crippen molar-refractivity contribution in [2.75, 3.05) is 102 Å². The number of nitrogens with zero attached hydrogens (tertiary/aromatic N) is 8. The lowest BCUT2D eigenvalue weighted by Crippen LogP contribution is -2.41. The van der Waals surface area contributed by atoms with Crippen LogP contribution < -0.4 is 33.2 Å². The van der Waals surface area contributed by atoms with Crippen molar-refractivity contribution < 1.29 is 57.4 Å². The maximum Gasteiger partial charge on any atom is 0.356 e. The quantitative estimate of drug-likeness (QED) is 0.0276. The number of aromatic nitrogens is 8. The van der Waals surface area contributed by atoms with Crippen molar-refractivity contribution in [1.29, 1.82) is 0 Å². The topological polar surface area (TPSA) is 370 Å². The van der Waals surface area contributed by atoms with E-state index in [1.165, 1.54) is 123 Å². The van der Waals surface area contributed by atoms with Crippen LogP contribution in [0.2, 0.25) is 15.7 Å². The molecule has 4 aliphatic heterocycles. The van der Waals surface area contributed by atoms with Crippen LogP contribution in [0.15, 0.2) is 24.3 Å². The van der Waals surface area contributed by atoms with Gasteiger partial charge in [-0.2, -0.15) is 9.97 Å². The molecule has 0 atom stereocenters. The number of aromatic carboxylic acids is 1. The number of carboxylic acid groups (broad SMARTS) is 1. The zero-order chi connectivity index (χ0) is 59.2. The number of unbranched alkanes of at least 4 members (excludes halogenated alkanes) is 4. The number of carbonyl (C=O) groups excluding carboxylic acids is 3. The van der Waals surface area contributed by atoms with Crippen molar-refractivity contribution in [3.8, 4) is 0 Å². The van der Waals surface area contributed by atoms with Gasteiger partial charge in [-0.15, -0.1) is 0 Å². The normalized spacial score (nSPS) is 15.0. The summed E-state index contributed by atoms with van der Waals surface area (Å²) in [6.07, 6.45) is 17.2. The number of methoxy groups -OCH3 is 3. The van der Waals surface area contributed by atoms with Gasteiger partial charge in [-0.1, -0.05) is 116 Å². The third-order valence-corrected chi connectivity index (χ3v) is 11.3. The van der Waals surface area contributed by atoms with Crippen molar-refractivity contribution in [2.45, 2.75) is 129 Å². The summed E-state index contributed by atoms with van der Waals surface area (Å²) in [6, 6.07) is 6.54. The summed E-state index contributed by atoms with van der Waals surface area (Å²) >= 11 is 16.6. The number of carboxylic acids is 1. The van der Waals surface area contributed by atoms with Crippen LogP contribution in [0.3, 0.4) is 0 Å². The number of rotatable bonds is 14. The lowest BCUT2D eigenvalue weighted by atomic mass is 10.0. The number of nitrogens with two attached hydrogens (primary N) is 3. The lowest BCUT2D eigenvalue weighted by Gasteiger charge is -2.27. The highest BCUT2D eigenvalue weighted by Gasteiger charge is 2.22. The molecular weight excluding hydrogens is 1110 g/mol. The molecule has 5 aliphatic rings. The summed E-state index contributed by atoms with van der Waals surface area (Å²) in [5.41, 5.74) is 16.3. The third kappa shape index (κ3) is 29.9. The average molecular weight is 1190 g/mol. The molecule has 0 radical (unpaired) electrons. The van der Waals surface area contributed by atoms with Crippen molar-refractivity contribution in [1.82, 2.24) is 39.9 Å². The Morgan fingerprint density at radius 1 is 0.500 bits per heavy atom. The van der Waals surface area contributed by atoms with Gasteiger partial charge in [0.25, 0.3) is 0 Å². The van der Waals surface area contributed by atoms with E-state index in [1.807, 2.05) is 0 Å². The number of anilines is 5. The predicted octanol–water partition coefficient (Wildman–Crippen LogP) is 7.60. The van der Waals surface area contributed by atoms with Gasteiger partial charge in [-0.25, -0.2) is 49.1 Å². The zero-order valence-electron chi connectivity index (χ0n) is 46.6. The van der Waals surface area contributed by atoms with Gasteiger partial charge in [0.2, 0.25) is 22.5 Å². The third-order valence-electron chi connectivity index (χ3n) is 10.8. The highest BCUT2D eigenvalue weighted by atomic mass is 35.5. The molecule has 4 aromatic heterocycles. The smallest absolute Gasteiger partial charge is 0.356 e. The molecule has 1 saturated carbocycles. The van der Waals surface area contributed by atoms with Gasteiger partial charge in [0.15, 0.2) is 22.8 Å². The van der Waals surface area contributed by atoms with Gasteiger partial charge in [0.1, 0.15) is 22.6 Å². The average Bonchev–Trinajstić information content (AvgIpc) is 3.40. The standard InChI is InChI=1S/C9H10ClN3O3.C9H12N4O3.C8H10N4O3.C6H4Cl2N2O2.C6H12.2C5H12.C3H7NO/c2*1-15-8(14)6-2-7(13-9(10)12-6)11-5-3-16-4-5;9-8-11-5(7(13)14)1-6(12-8)10-4-2-15-3-4;1-12-5(11)3-2-4(7)10-6(8)9-3;1-2-4-6-5-3-1;2*1-3-5-4-2;4-3-1-5-2-3/h2,5H,3-4H2,1H3,(H,11,12,13);2,5H,3-4H2,1H3,(H3,10,11,12,13);1,4H,2-3H2,(H,13,14)(H3,9,10,11,12);2H,1H3;1-6H2;2*3-5H2,1-2H3;3H,1-2,4H2. The van der Waals surface area contributed by atoms with Crippen LogP contribution in [-0.2, 0) is 33.2 Å². The summed E-state index contributed by atoms with van der Waals surface area (Å²) in [7, 11) is 3.81. The van der Waals surface area contributed by atoms with Crippen LogP contribution in [0.1, 0.15) is 147 Å². The number of ether oxygens (including phenoxy) is 7. The van der Waals surface area contributed by atoms with Crippen molar-refractivity contribution >= 4 is 88.0 Å². The van der Waals surface area contributed by atoms with Gasteiger partial charge in [-0.05, 0) is 23.2 Å². The maximum absolute atomic E-state index is 11.3. The molecule has 10 N–H and O–H groups in total. The van der Waals surface area contributed by atoms with Gasteiger partial charge in [-0.3, -0.25) is 0 Å². The van der Waals surface area contributed by atoms with Gasteiger partial charge in [0.05, 0.1) is 98.4 Å². The fourth-order valence-corrected chi connectivity index (χ4v) is 6.90. The number of halogens is 3. The van der Waals surface area contributed by atoms with Crippen LogP contribution in [0, 0.1) is 0 Å². The molecule has 80 heavy (non-hydrogen) atoms. The first-order valence-electron chi connectivity index (χ1n) is 26.3. The highest BCUT2D eigenvalue weighted by molar-refractivity contribution is 6.32. The Bertz CT molecular complexity index is 2320. The first-order valence-corrected chi connectivity index (χ1v) is 27.4. The van der Waals surface area contributed by atoms with Gasteiger partial charge >= 0.3 is 23.9 Å². The number of nitrogens with one attached hydrogen (secondary N) is 3. The monoisotopic (exact) mass is 1180 g/mol. The number of carbonyl (C=O) groups is 4. The van der Waals surface area contributed by atoms with E-state index in [4.69, 9.17) is 76.1 Å². The minimum Gasteiger partial charge on any atom is -0.477 e. The molecule has 9 rings (SSSR count). The van der Waals surface area contributed by atoms with Crippen LogP contribution in [0.25, 0.3) is 0 Å². The molecule has 5 fully saturated rings. The Balaban J connectivity index is 0.000000326. The molecule has 4 saturated heterocycles. The largest absolute Gasteiger partial charge is 0.477 e. The SMILES string of the molecule is C1CCCCC1.CCCCC.CCCCC.COC(=O)c1cc(Cl)nc(Cl)n1.COC(=O)c1cc(NC2COC2)nc(Cl)n1.COC(=O)c1cc(NC2COC2)nc(N)n1.NC1COC1.Nc1nc(NC2COC2)cc(C(=O)O)n1. The maximum atomic E-state index is 11.3. The summed E-state index contributed by atoms with van der Waals surface area (Å²) in [5, 5.41) is 17.9. The number of nitrogen functional groups attached to an aromatic ring is 2. The van der Waals surface area contributed by atoms with Crippen molar-refractivity contribution in [3.63, 3.8) is 0 Å². The molecule has 8 heterocycles. The van der Waals surface area contributed by atoms with Crippen molar-refractivity contribution in [3.05, 3.63) is 62.8 Å². The fraction of sp³-hybridized carbons (Fsp3) is 0.608. The molecule has 0 amide bonds. The molecule has 0 bridgehead atoms. The van der Waals surface area contributed by atoms with E-state index in [2.05, 4.69) is 97.7 Å². The number of hydrogen-bond donors (Lipinski definition) is 7. The molecule has 0 unspecified atom stereocenters. The summed E-state index contributed by atoms with van der Waals surface area (Å²) < 4.78 is 33.2. The van der Waals surface area contributed by atoms with Gasteiger partial charge < -0.3 is 71.4 Å². The molecule has 29 heteroatoms. The Morgan fingerprint density at radius 3 is 1.07 bits per heavy atom. The number of esters is 3. The van der Waals surface area contributed by atoms with E-state index in [0.29, 0.717) is 63.1 Å². The zero-order valence-corrected chi connectivity index (χ0v) is 48.9. The second-order valence-electron chi connectivity index (χ2n) is 17.8. The molecule has 0 aromatic carbocycles. The fourth-order valence-electron chi connectivity index (χ4n) is 6.30. The Hall–Kier alpha value is -6.13. The summed E-state index contributed by atoms with van der Waals surface area (Å²) in [5.74, 6) is -1.43. The second-order valence-corrected chi connectivity index (χ2v) is 18.9. The summed E-state index contributed by atoms with van der Waals surface area (Å²) in [4.78, 5) is 74.2. The minimum atomic E-state index is -1.13. The molecule has 1 aliphatic carbocycles. The van der Waals surface area contributed by atoms with E-state index < -0.39 is 23.9 Å². The van der Waals surface area contributed by atoms with Gasteiger partial charge in [0, 0.05) is 24.3 Å². The van der Waals surface area contributed by atoms with Crippen LogP contribution in [0.4, 0.5) is 29.4 Å². The van der Waals surface area contributed by atoms with E-state index in [0.717, 1.165) is 13.2 Å². The molecule has 26 nitrogen and oxygen atoms in total. The Morgan fingerprint density at radius 2 is 0.800 bits per heavy atom. The van der Waals surface area contributed by atoms with Crippen LogP contribution >= 0.6 is 34.8 Å². The first kappa shape index (κ1) is 70.0. The molecule has 446 valence electrons. The van der Waals surface area contributed by atoms with Crippen molar-refractivity contribution in [2.24, 2.45) is 5.73 Å². The minimum absolute atomic E-state index is 0.00522. The highest BCUT2D eigenvalue weighted by Crippen LogP contribution is 2.18. The lowest BCUT2D eigenvalue weighted by molar-refractivity contribution is 0.0121. The van der Waals surface area contributed by atoms with Crippen LogP contribution in [0.5, 0.6) is 0 Å². The Kier molecular flexibility index (Phi) is 35.8. The Labute approximate surface area is 482 Å². The molecular formula is C51H79Cl3N14O12. The first-order chi connectivity index (χ1) is 38.4. The predicted molar refractivity (Wildman–Crippen MR) is 305 cm³/mol. The molecule has 0 spiro atoms. The van der Waals surface area contributed by atoms with E-state index in [1.54, 1.807) is 0 Å². The van der Waals surface area contributed by atoms with E-state index >= 15 is 0 Å². The van der Waals surface area contributed by atoms with E-state index in [-0.39, 0.29) is 68.5 Å².